The number of benzene rings is 1. The normalized spacial score (nSPS) is 28.1. The Hall–Kier alpha value is -1.35. The zero-order chi connectivity index (χ0) is 17.4. The lowest BCUT2D eigenvalue weighted by molar-refractivity contribution is -0.146. The highest BCUT2D eigenvalue weighted by Crippen LogP contribution is 2.43. The highest BCUT2D eigenvalue weighted by atomic mass is 16.2. The van der Waals surface area contributed by atoms with E-state index in [1.807, 2.05) is 0 Å². The highest BCUT2D eigenvalue weighted by molar-refractivity contribution is 5.84. The van der Waals surface area contributed by atoms with Crippen LogP contribution in [0.1, 0.15) is 69.4 Å². The van der Waals surface area contributed by atoms with Gasteiger partial charge in [0.2, 0.25) is 5.91 Å². The van der Waals surface area contributed by atoms with Crippen molar-refractivity contribution in [2.24, 2.45) is 5.41 Å². The first-order valence-electron chi connectivity index (χ1n) is 10.2. The Morgan fingerprint density at radius 1 is 1.08 bits per heavy atom. The van der Waals surface area contributed by atoms with Crippen LogP contribution in [0.5, 0.6) is 0 Å². The average Bonchev–Trinajstić information content (AvgIpc) is 2.95. The quantitative estimate of drug-likeness (QED) is 0.821. The molecule has 2 heterocycles. The van der Waals surface area contributed by atoms with Crippen LogP contribution in [-0.2, 0) is 11.3 Å². The molecule has 136 valence electrons. The van der Waals surface area contributed by atoms with Gasteiger partial charge in [-0.1, -0.05) is 44.5 Å². The molecular formula is C22H32N2O. The minimum Gasteiger partial charge on any atom is -0.338 e. The molecular weight excluding hydrogens is 308 g/mol. The number of amides is 1. The summed E-state index contributed by atoms with van der Waals surface area (Å²) in [5, 5.41) is 0. The molecule has 2 aliphatic heterocycles. The maximum absolute atomic E-state index is 13.3. The fourth-order valence-corrected chi connectivity index (χ4v) is 4.88. The van der Waals surface area contributed by atoms with E-state index < -0.39 is 0 Å². The molecule has 0 N–H and O–H groups in total. The van der Waals surface area contributed by atoms with Gasteiger partial charge < -0.3 is 4.90 Å². The SMILES string of the molecule is CC(C)c1ccc(CN2CCC[C@@]3(CCN(C4CCC4)C3)C2=O)cc1. The Morgan fingerprint density at radius 2 is 1.84 bits per heavy atom. The molecule has 0 bridgehead atoms. The first-order chi connectivity index (χ1) is 12.1. The Labute approximate surface area is 152 Å². The monoisotopic (exact) mass is 340 g/mol. The van der Waals surface area contributed by atoms with Crippen LogP contribution in [0.4, 0.5) is 0 Å². The van der Waals surface area contributed by atoms with Gasteiger partial charge in [-0.05, 0) is 55.7 Å². The minimum absolute atomic E-state index is 0.0777. The minimum atomic E-state index is -0.0777. The van der Waals surface area contributed by atoms with Crippen molar-refractivity contribution in [2.45, 2.75) is 70.9 Å². The summed E-state index contributed by atoms with van der Waals surface area (Å²) in [5.74, 6) is 0.985. The van der Waals surface area contributed by atoms with Crippen molar-refractivity contribution in [2.75, 3.05) is 19.6 Å². The van der Waals surface area contributed by atoms with Crippen molar-refractivity contribution in [3.8, 4) is 0 Å². The predicted molar refractivity (Wildman–Crippen MR) is 101 cm³/mol. The smallest absolute Gasteiger partial charge is 0.230 e. The van der Waals surface area contributed by atoms with Crippen LogP contribution in [0.25, 0.3) is 0 Å². The van der Waals surface area contributed by atoms with E-state index >= 15 is 0 Å². The number of carbonyl (C=O) groups excluding carboxylic acids is 1. The first kappa shape index (κ1) is 17.1. The number of hydrogen-bond donors (Lipinski definition) is 0. The molecule has 4 rings (SSSR count). The van der Waals surface area contributed by atoms with Crippen LogP contribution in [0.15, 0.2) is 24.3 Å². The standard InChI is InChI=1S/C22H32N2O/c1-17(2)19-9-7-18(8-10-19)15-23-13-4-11-22(21(23)25)12-14-24(16-22)20-5-3-6-20/h7-10,17,20H,3-6,11-16H2,1-2H3/t22-/m0/s1. The van der Waals surface area contributed by atoms with E-state index in [-0.39, 0.29) is 5.41 Å². The van der Waals surface area contributed by atoms with Crippen molar-refractivity contribution in [3.05, 3.63) is 35.4 Å². The second kappa shape index (κ2) is 6.75. The summed E-state index contributed by atoms with van der Waals surface area (Å²) in [6.07, 6.45) is 7.39. The largest absolute Gasteiger partial charge is 0.338 e. The van der Waals surface area contributed by atoms with Crippen molar-refractivity contribution in [1.29, 1.82) is 0 Å². The van der Waals surface area contributed by atoms with Gasteiger partial charge in [0.25, 0.3) is 0 Å². The molecule has 0 radical (unpaired) electrons. The van der Waals surface area contributed by atoms with Crippen molar-refractivity contribution in [3.63, 3.8) is 0 Å². The van der Waals surface area contributed by atoms with E-state index in [9.17, 15) is 4.79 Å². The summed E-state index contributed by atoms with van der Waals surface area (Å²) in [7, 11) is 0. The molecule has 1 atom stereocenters. The van der Waals surface area contributed by atoms with Gasteiger partial charge in [-0.15, -0.1) is 0 Å². The number of likely N-dealkylation sites (tertiary alicyclic amines) is 2. The van der Waals surface area contributed by atoms with Crippen LogP contribution in [-0.4, -0.2) is 41.4 Å². The van der Waals surface area contributed by atoms with Gasteiger partial charge in [0.1, 0.15) is 0 Å². The fraction of sp³-hybridized carbons (Fsp3) is 0.682. The van der Waals surface area contributed by atoms with Crippen molar-refractivity contribution >= 4 is 5.91 Å². The van der Waals surface area contributed by atoms with Gasteiger partial charge in [0.05, 0.1) is 5.41 Å². The van der Waals surface area contributed by atoms with E-state index in [1.54, 1.807) is 0 Å². The topological polar surface area (TPSA) is 23.6 Å². The molecule has 1 spiro atoms. The third-order valence-corrected chi connectivity index (χ3v) is 6.82. The van der Waals surface area contributed by atoms with E-state index in [1.165, 1.54) is 30.4 Å². The second-order valence-electron chi connectivity index (χ2n) is 8.81. The lowest BCUT2D eigenvalue weighted by Gasteiger charge is -2.41. The van der Waals surface area contributed by atoms with Crippen molar-refractivity contribution in [1.82, 2.24) is 9.80 Å². The van der Waals surface area contributed by atoms with Crippen LogP contribution < -0.4 is 0 Å². The Bertz CT molecular complexity index is 619. The molecule has 3 aliphatic rings. The molecule has 3 fully saturated rings. The Morgan fingerprint density at radius 3 is 2.48 bits per heavy atom. The molecule has 2 saturated heterocycles. The van der Waals surface area contributed by atoms with E-state index in [2.05, 4.69) is 47.9 Å². The number of nitrogens with zero attached hydrogens (tertiary/aromatic N) is 2. The van der Waals surface area contributed by atoms with Gasteiger partial charge >= 0.3 is 0 Å². The third kappa shape index (κ3) is 3.23. The Kier molecular flexibility index (Phi) is 4.61. The summed E-state index contributed by atoms with van der Waals surface area (Å²) in [6, 6.07) is 9.63. The van der Waals surface area contributed by atoms with Gasteiger partial charge in [0.15, 0.2) is 0 Å². The van der Waals surface area contributed by atoms with E-state index in [4.69, 9.17) is 0 Å². The summed E-state index contributed by atoms with van der Waals surface area (Å²) in [4.78, 5) is 18.1. The highest BCUT2D eigenvalue weighted by Gasteiger charge is 2.49. The number of carbonyl (C=O) groups is 1. The average molecular weight is 341 g/mol. The summed E-state index contributed by atoms with van der Waals surface area (Å²) >= 11 is 0. The summed E-state index contributed by atoms with van der Waals surface area (Å²) < 4.78 is 0. The molecule has 25 heavy (non-hydrogen) atoms. The van der Waals surface area contributed by atoms with E-state index in [0.29, 0.717) is 11.8 Å². The molecule has 0 unspecified atom stereocenters. The third-order valence-electron chi connectivity index (χ3n) is 6.82. The molecule has 1 aromatic carbocycles. The lowest BCUT2D eigenvalue weighted by atomic mass is 9.78. The maximum Gasteiger partial charge on any atom is 0.230 e. The van der Waals surface area contributed by atoms with Gasteiger partial charge in [-0.3, -0.25) is 9.69 Å². The van der Waals surface area contributed by atoms with Crippen LogP contribution in [0.2, 0.25) is 0 Å². The summed E-state index contributed by atoms with van der Waals surface area (Å²) in [6.45, 7) is 8.30. The number of hydrogen-bond acceptors (Lipinski definition) is 2. The van der Waals surface area contributed by atoms with Gasteiger partial charge in [0, 0.05) is 25.7 Å². The van der Waals surface area contributed by atoms with Gasteiger partial charge in [-0.25, -0.2) is 0 Å². The maximum atomic E-state index is 13.3. The Balaban J connectivity index is 1.43. The first-order valence-corrected chi connectivity index (χ1v) is 10.2. The fourth-order valence-electron chi connectivity index (χ4n) is 4.88. The number of piperidine rings is 1. The molecule has 3 nitrogen and oxygen atoms in total. The predicted octanol–water partition coefficient (Wildman–Crippen LogP) is 4.18. The second-order valence-corrected chi connectivity index (χ2v) is 8.81. The molecule has 1 aliphatic carbocycles. The molecule has 3 heteroatoms. The molecule has 1 amide bonds. The summed E-state index contributed by atoms with van der Waals surface area (Å²) in [5.41, 5.74) is 2.56. The van der Waals surface area contributed by atoms with E-state index in [0.717, 1.165) is 51.5 Å². The van der Waals surface area contributed by atoms with Gasteiger partial charge in [-0.2, -0.15) is 0 Å². The zero-order valence-corrected chi connectivity index (χ0v) is 15.8. The molecule has 1 aromatic rings. The van der Waals surface area contributed by atoms with Crippen molar-refractivity contribution < 1.29 is 4.79 Å². The van der Waals surface area contributed by atoms with Crippen LogP contribution in [0.3, 0.4) is 0 Å². The van der Waals surface area contributed by atoms with Crippen LogP contribution in [0, 0.1) is 5.41 Å². The lowest BCUT2D eigenvalue weighted by Crippen LogP contribution is -2.50. The molecule has 1 saturated carbocycles. The van der Waals surface area contributed by atoms with Crippen LogP contribution >= 0.6 is 0 Å². The number of rotatable bonds is 4. The zero-order valence-electron chi connectivity index (χ0n) is 15.8. The molecule has 0 aromatic heterocycles.